The third-order valence-corrected chi connectivity index (χ3v) is 3.49. The molecule has 0 spiro atoms. The van der Waals surface area contributed by atoms with E-state index in [1.807, 2.05) is 0 Å². The van der Waals surface area contributed by atoms with Crippen molar-refractivity contribution in [1.82, 2.24) is 0 Å². The van der Waals surface area contributed by atoms with Crippen LogP contribution >= 0.6 is 0 Å². The molecule has 1 aliphatic heterocycles. The molecule has 0 amide bonds. The second-order valence-corrected chi connectivity index (χ2v) is 4.42. The van der Waals surface area contributed by atoms with Crippen LogP contribution in [0.15, 0.2) is 12.2 Å². The largest absolute Gasteiger partial charge is 0.370 e. The Kier molecular flexibility index (Phi) is 3.76. The smallest absolute Gasteiger partial charge is 0.178 e. The van der Waals surface area contributed by atoms with Gasteiger partial charge in [-0.05, 0) is 19.3 Å². The summed E-state index contributed by atoms with van der Waals surface area (Å²) in [5, 5.41) is 9.29. The van der Waals surface area contributed by atoms with Gasteiger partial charge in [0.15, 0.2) is 6.04 Å². The van der Waals surface area contributed by atoms with Crippen LogP contribution in [-0.2, 0) is 4.74 Å². The van der Waals surface area contributed by atoms with E-state index < -0.39 is 0 Å². The summed E-state index contributed by atoms with van der Waals surface area (Å²) in [6, 6.07) is 2.69. The number of morpholine rings is 1. The number of hydrogen-bond donors (Lipinski definition) is 1. The van der Waals surface area contributed by atoms with Crippen molar-refractivity contribution in [2.75, 3.05) is 26.3 Å². The van der Waals surface area contributed by atoms with Gasteiger partial charge in [0.2, 0.25) is 0 Å². The molecule has 1 fully saturated rings. The molecule has 1 N–H and O–H groups in total. The number of nitrogens with zero attached hydrogens (tertiary/aromatic N) is 1. The van der Waals surface area contributed by atoms with Crippen molar-refractivity contribution in [3.05, 3.63) is 12.2 Å². The molecule has 0 radical (unpaired) electrons. The van der Waals surface area contributed by atoms with Crippen LogP contribution in [0.1, 0.15) is 19.3 Å². The minimum Gasteiger partial charge on any atom is -0.370 e. The number of nitriles is 1. The molecule has 1 saturated heterocycles. The fourth-order valence-electron chi connectivity index (χ4n) is 2.59. The van der Waals surface area contributed by atoms with Crippen molar-refractivity contribution in [2.45, 2.75) is 25.3 Å². The summed E-state index contributed by atoms with van der Waals surface area (Å²) in [5.74, 6) is 0.563. The highest BCUT2D eigenvalue weighted by Crippen LogP contribution is 2.20. The zero-order valence-corrected chi connectivity index (χ0v) is 9.11. The molecule has 15 heavy (non-hydrogen) atoms. The number of nitrogens with one attached hydrogen (secondary N) is 1. The summed E-state index contributed by atoms with van der Waals surface area (Å²) in [4.78, 5) is 1.43. The number of rotatable bonds is 2. The van der Waals surface area contributed by atoms with Crippen LogP contribution in [0.5, 0.6) is 0 Å². The topological polar surface area (TPSA) is 37.5 Å². The minimum atomic E-state index is 0.179. The quantitative estimate of drug-likeness (QED) is 0.655. The Morgan fingerprint density at radius 2 is 2.13 bits per heavy atom. The van der Waals surface area contributed by atoms with Crippen molar-refractivity contribution < 1.29 is 9.64 Å². The first-order valence-electron chi connectivity index (χ1n) is 5.89. The molecule has 0 unspecified atom stereocenters. The summed E-state index contributed by atoms with van der Waals surface area (Å²) in [5.41, 5.74) is 0. The van der Waals surface area contributed by atoms with E-state index in [1.165, 1.54) is 11.3 Å². The number of quaternary nitrogens is 1. The maximum absolute atomic E-state index is 9.29. The van der Waals surface area contributed by atoms with E-state index in [1.54, 1.807) is 0 Å². The molecule has 0 aromatic carbocycles. The fourth-order valence-corrected chi connectivity index (χ4v) is 2.59. The van der Waals surface area contributed by atoms with Crippen LogP contribution in [0.25, 0.3) is 0 Å². The fraction of sp³-hybridized carbons (Fsp3) is 0.750. The van der Waals surface area contributed by atoms with Crippen LogP contribution in [0.3, 0.4) is 0 Å². The van der Waals surface area contributed by atoms with Gasteiger partial charge in [-0.15, -0.1) is 0 Å². The summed E-state index contributed by atoms with van der Waals surface area (Å²) in [6.45, 7) is 3.63. The Morgan fingerprint density at radius 3 is 2.73 bits per heavy atom. The van der Waals surface area contributed by atoms with Crippen molar-refractivity contribution >= 4 is 0 Å². The monoisotopic (exact) mass is 207 g/mol. The molecule has 3 nitrogen and oxygen atoms in total. The molecule has 1 aliphatic carbocycles. The van der Waals surface area contributed by atoms with E-state index in [9.17, 15) is 5.26 Å². The van der Waals surface area contributed by atoms with Crippen molar-refractivity contribution in [1.29, 1.82) is 5.26 Å². The molecule has 3 heteroatoms. The molecule has 2 rings (SSSR count). The summed E-state index contributed by atoms with van der Waals surface area (Å²) in [6.07, 6.45) is 7.88. The lowest BCUT2D eigenvalue weighted by Crippen LogP contribution is -3.18. The lowest BCUT2D eigenvalue weighted by Gasteiger charge is -2.32. The first kappa shape index (κ1) is 10.7. The van der Waals surface area contributed by atoms with E-state index in [4.69, 9.17) is 4.74 Å². The maximum atomic E-state index is 9.29. The van der Waals surface area contributed by atoms with Crippen molar-refractivity contribution in [3.63, 3.8) is 0 Å². The molecule has 0 bridgehead atoms. The maximum Gasteiger partial charge on any atom is 0.178 e. The van der Waals surface area contributed by atoms with Crippen LogP contribution in [0.4, 0.5) is 0 Å². The van der Waals surface area contributed by atoms with Crippen LogP contribution in [-0.4, -0.2) is 32.3 Å². The molecule has 0 aromatic heterocycles. The molecule has 0 saturated carbocycles. The molecule has 2 atom stereocenters. The van der Waals surface area contributed by atoms with E-state index in [2.05, 4.69) is 18.2 Å². The van der Waals surface area contributed by atoms with Gasteiger partial charge in [-0.2, -0.15) is 5.26 Å². The van der Waals surface area contributed by atoms with Gasteiger partial charge < -0.3 is 9.64 Å². The second-order valence-electron chi connectivity index (χ2n) is 4.42. The summed E-state index contributed by atoms with van der Waals surface area (Å²) in [7, 11) is 0. The zero-order chi connectivity index (χ0) is 10.5. The zero-order valence-electron chi connectivity index (χ0n) is 9.11. The Labute approximate surface area is 91.3 Å². The molecular formula is C12H19N2O+. The minimum absolute atomic E-state index is 0.179. The highest BCUT2D eigenvalue weighted by atomic mass is 16.5. The molecule has 1 heterocycles. The standard InChI is InChI=1S/C12H18N2O/c13-10-12(11-4-2-1-3-5-11)14-6-8-15-9-7-14/h1-2,11-12H,3-9H2/p+1/t11-,12+/m0/s1. The first-order chi connectivity index (χ1) is 7.42. The predicted molar refractivity (Wildman–Crippen MR) is 57.4 cm³/mol. The summed E-state index contributed by atoms with van der Waals surface area (Å²) < 4.78 is 5.34. The summed E-state index contributed by atoms with van der Waals surface area (Å²) >= 11 is 0. The second kappa shape index (κ2) is 5.29. The van der Waals surface area contributed by atoms with Gasteiger partial charge in [-0.1, -0.05) is 12.2 Å². The first-order valence-corrected chi connectivity index (χ1v) is 5.89. The normalized spacial score (nSPS) is 29.7. The van der Waals surface area contributed by atoms with Gasteiger partial charge in [0.1, 0.15) is 19.2 Å². The lowest BCUT2D eigenvalue weighted by molar-refractivity contribution is -0.928. The van der Waals surface area contributed by atoms with Crippen molar-refractivity contribution in [3.8, 4) is 6.07 Å². The molecule has 82 valence electrons. The van der Waals surface area contributed by atoms with E-state index >= 15 is 0 Å². The number of ether oxygens (including phenoxy) is 1. The van der Waals surface area contributed by atoms with Gasteiger partial charge in [0, 0.05) is 5.92 Å². The third kappa shape index (κ3) is 2.58. The average Bonchev–Trinajstić information content (AvgIpc) is 2.33. The van der Waals surface area contributed by atoms with Crippen LogP contribution < -0.4 is 4.90 Å². The highest BCUT2D eigenvalue weighted by Gasteiger charge is 2.31. The Balaban J connectivity index is 1.96. The molecular weight excluding hydrogens is 188 g/mol. The number of allylic oxidation sites excluding steroid dienone is 2. The lowest BCUT2D eigenvalue weighted by atomic mass is 9.87. The Bertz CT molecular complexity index is 263. The van der Waals surface area contributed by atoms with Crippen molar-refractivity contribution in [2.24, 2.45) is 5.92 Å². The van der Waals surface area contributed by atoms with E-state index in [-0.39, 0.29) is 6.04 Å². The van der Waals surface area contributed by atoms with Gasteiger partial charge in [-0.25, -0.2) is 0 Å². The average molecular weight is 207 g/mol. The SMILES string of the molecule is N#C[C@H]([C@H]1CC=CCC1)[NH+]1CCOCC1. The van der Waals surface area contributed by atoms with Gasteiger partial charge in [0.05, 0.1) is 13.2 Å². The van der Waals surface area contributed by atoms with Gasteiger partial charge >= 0.3 is 0 Å². The van der Waals surface area contributed by atoms with Crippen LogP contribution in [0, 0.1) is 17.2 Å². The number of hydrogen-bond acceptors (Lipinski definition) is 2. The van der Waals surface area contributed by atoms with Gasteiger partial charge in [-0.3, -0.25) is 0 Å². The van der Waals surface area contributed by atoms with E-state index in [0.717, 1.165) is 39.1 Å². The van der Waals surface area contributed by atoms with Gasteiger partial charge in [0.25, 0.3) is 0 Å². The predicted octanol–water partition coefficient (Wildman–Crippen LogP) is 0.150. The molecule has 0 aromatic rings. The highest BCUT2D eigenvalue weighted by molar-refractivity contribution is 4.98. The van der Waals surface area contributed by atoms with E-state index in [0.29, 0.717) is 5.92 Å². The third-order valence-electron chi connectivity index (χ3n) is 3.49. The Hall–Kier alpha value is -0.850. The van der Waals surface area contributed by atoms with Crippen LogP contribution in [0.2, 0.25) is 0 Å². The Morgan fingerprint density at radius 1 is 1.33 bits per heavy atom. The molecule has 2 aliphatic rings.